The summed E-state index contributed by atoms with van der Waals surface area (Å²) < 4.78 is 37.0. The molecule has 0 heterocycles. The van der Waals surface area contributed by atoms with Crippen molar-refractivity contribution in [3.05, 3.63) is 81.9 Å². The van der Waals surface area contributed by atoms with Crippen molar-refractivity contribution >= 4 is 36.0 Å². The average molecular weight is 735 g/mol. The zero-order valence-electron chi connectivity index (χ0n) is 34.1. The van der Waals surface area contributed by atoms with E-state index in [1.807, 2.05) is 95.2 Å². The van der Waals surface area contributed by atoms with Crippen LogP contribution in [0.4, 0.5) is 8.39 Å². The Morgan fingerprint density at radius 1 is 0.360 bits per heavy atom. The molecule has 50 heavy (non-hydrogen) atoms. The molecule has 0 saturated heterocycles. The molecule has 0 aliphatic rings. The second-order valence-electron chi connectivity index (χ2n) is 20.6. The van der Waals surface area contributed by atoms with Crippen molar-refractivity contribution in [3.63, 3.8) is 0 Å². The van der Waals surface area contributed by atoms with Gasteiger partial charge in [-0.05, 0) is 0 Å². The van der Waals surface area contributed by atoms with Gasteiger partial charge in [0.15, 0.2) is 0 Å². The molecule has 0 unspecified atom stereocenters. The molecule has 3 aromatic carbocycles. The molecule has 0 saturated carbocycles. The van der Waals surface area contributed by atoms with E-state index in [-0.39, 0.29) is 32.3 Å². The third kappa shape index (κ3) is 7.78. The number of benzene rings is 3. The molecule has 3 rings (SSSR count). The average Bonchev–Trinajstić information content (AvgIpc) is 2.88. The van der Waals surface area contributed by atoms with Gasteiger partial charge in [0.1, 0.15) is 0 Å². The van der Waals surface area contributed by atoms with E-state index in [0.717, 1.165) is 0 Å². The van der Waals surface area contributed by atoms with E-state index in [9.17, 15) is 19.6 Å². The third-order valence-electron chi connectivity index (χ3n) is 9.68. The fourth-order valence-corrected chi connectivity index (χ4v) is 13.2. The first-order valence-electron chi connectivity index (χ1n) is 17.7. The van der Waals surface area contributed by atoms with Crippen molar-refractivity contribution in [1.82, 2.24) is 0 Å². The van der Waals surface area contributed by atoms with Gasteiger partial charge in [-0.25, -0.2) is 0 Å². The van der Waals surface area contributed by atoms with Crippen LogP contribution in [0.3, 0.4) is 0 Å². The Hall–Kier alpha value is -1.78. The third-order valence-corrected chi connectivity index (χ3v) is 14.7. The van der Waals surface area contributed by atoms with Gasteiger partial charge in [-0.1, -0.05) is 0 Å². The maximum atomic E-state index is 18.5. The van der Waals surface area contributed by atoms with Crippen LogP contribution in [0.1, 0.15) is 158 Å². The summed E-state index contributed by atoms with van der Waals surface area (Å²) in [4.78, 5) is 50.5. The molecule has 0 bridgehead atoms. The Bertz CT molecular complexity index is 1590. The van der Waals surface area contributed by atoms with E-state index < -0.39 is 47.2 Å². The quantitative estimate of drug-likeness (QED) is 0.201. The SMILES string of the molecule is CC(C)(C)c1cc(P(O)(O)(F)c2c(C(C)(C)C)cccc2C(C)(C)C)c(C(C)(C)C)cc1P(O)(O)(F)c1c(C(C)(C)C)cccc1C(C)(C)C. The second kappa shape index (κ2) is 11.9. The Labute approximate surface area is 302 Å². The van der Waals surface area contributed by atoms with Crippen LogP contribution in [-0.4, -0.2) is 19.6 Å². The molecule has 282 valence electrons. The van der Waals surface area contributed by atoms with Crippen molar-refractivity contribution in [2.75, 3.05) is 0 Å². The molecule has 0 radical (unpaired) electrons. The molecule has 0 aromatic heterocycles. The minimum absolute atomic E-state index is 0.0922. The summed E-state index contributed by atoms with van der Waals surface area (Å²) in [6, 6.07) is 13.2. The van der Waals surface area contributed by atoms with Crippen LogP contribution < -0.4 is 21.2 Å². The molecule has 0 fully saturated rings. The number of hydrogen-bond donors (Lipinski definition) is 4. The summed E-state index contributed by atoms with van der Waals surface area (Å²) in [5.74, 6) is 0. The molecule has 0 spiro atoms. The van der Waals surface area contributed by atoms with Crippen molar-refractivity contribution in [2.24, 2.45) is 0 Å². The predicted molar refractivity (Wildman–Crippen MR) is 215 cm³/mol. The number of halogens is 2. The van der Waals surface area contributed by atoms with Gasteiger partial charge in [-0.15, -0.1) is 0 Å². The summed E-state index contributed by atoms with van der Waals surface area (Å²) in [7, 11) is -13.2. The monoisotopic (exact) mass is 734 g/mol. The van der Waals surface area contributed by atoms with Crippen LogP contribution in [0.15, 0.2) is 48.5 Å². The molecule has 3 aromatic rings. The minimum atomic E-state index is -6.59. The number of rotatable bonds is 4. The van der Waals surface area contributed by atoms with E-state index in [1.165, 1.54) is 12.1 Å². The van der Waals surface area contributed by atoms with Crippen LogP contribution in [0, 0.1) is 0 Å². The van der Waals surface area contributed by atoms with E-state index >= 15 is 8.39 Å². The molecule has 4 N–H and O–H groups in total. The molecule has 4 nitrogen and oxygen atoms in total. The normalized spacial score (nSPS) is 16.1. The van der Waals surface area contributed by atoms with Gasteiger partial charge >= 0.3 is 303 Å². The van der Waals surface area contributed by atoms with Crippen LogP contribution >= 0.6 is 14.7 Å². The topological polar surface area (TPSA) is 80.9 Å². The first-order valence-corrected chi connectivity index (χ1v) is 21.7. The fourth-order valence-electron chi connectivity index (χ4n) is 7.04. The summed E-state index contributed by atoms with van der Waals surface area (Å²) >= 11 is 0. The van der Waals surface area contributed by atoms with Gasteiger partial charge in [0.05, 0.1) is 0 Å². The first-order chi connectivity index (χ1) is 21.7. The van der Waals surface area contributed by atoms with Gasteiger partial charge in [-0.2, -0.15) is 0 Å². The summed E-state index contributed by atoms with van der Waals surface area (Å²) in [6.07, 6.45) is 0. The summed E-state index contributed by atoms with van der Waals surface area (Å²) in [6.45, 7) is 33.6. The van der Waals surface area contributed by atoms with Gasteiger partial charge in [0.2, 0.25) is 0 Å². The molecule has 0 aliphatic carbocycles. The zero-order valence-corrected chi connectivity index (χ0v) is 35.8. The van der Waals surface area contributed by atoms with E-state index in [2.05, 4.69) is 0 Å². The standard InChI is InChI=1S/C42H66F2O4P2/c1-37(2,3)27-21-19-22-28(38(4,5)6)35(27)49(43,45,46)33-25-32(42(16,17)18)34(26-31(33)41(13,14)15)50(44,47,48)36-29(39(7,8)9)23-20-24-30(36)40(10,11)12/h19-26,45-48H,1-18H3. The van der Waals surface area contributed by atoms with Crippen molar-refractivity contribution in [3.8, 4) is 0 Å². The van der Waals surface area contributed by atoms with Crippen molar-refractivity contribution in [1.29, 1.82) is 0 Å². The second-order valence-corrected chi connectivity index (χ2v) is 26.2. The van der Waals surface area contributed by atoms with Crippen molar-refractivity contribution in [2.45, 2.75) is 157 Å². The van der Waals surface area contributed by atoms with Crippen LogP contribution in [0.2, 0.25) is 0 Å². The van der Waals surface area contributed by atoms with Gasteiger partial charge in [0, 0.05) is 0 Å². The van der Waals surface area contributed by atoms with E-state index in [1.54, 1.807) is 65.8 Å². The molecular weight excluding hydrogens is 668 g/mol. The van der Waals surface area contributed by atoms with Crippen molar-refractivity contribution < 1.29 is 28.0 Å². The van der Waals surface area contributed by atoms with Crippen LogP contribution in [-0.2, 0) is 32.5 Å². The summed E-state index contributed by atoms with van der Waals surface area (Å²) in [5.41, 5.74) is -2.66. The van der Waals surface area contributed by atoms with E-state index in [4.69, 9.17) is 0 Å². The van der Waals surface area contributed by atoms with Gasteiger partial charge in [-0.3, -0.25) is 0 Å². The Kier molecular flexibility index (Phi) is 10.1. The molecular formula is C42H66F2O4P2. The number of hydrogen-bond acceptors (Lipinski definition) is 4. The molecule has 0 aliphatic heterocycles. The zero-order chi connectivity index (χ0) is 39.3. The maximum absolute atomic E-state index is 18.5. The van der Waals surface area contributed by atoms with Gasteiger partial charge in [0.25, 0.3) is 0 Å². The first kappa shape index (κ1) is 42.6. The Morgan fingerprint density at radius 2 is 0.540 bits per heavy atom. The van der Waals surface area contributed by atoms with Crippen LogP contribution in [0.5, 0.6) is 0 Å². The molecule has 8 heteroatoms. The fraction of sp³-hybridized carbons (Fsp3) is 0.571. The Balaban J connectivity index is 2.78. The molecule has 0 amide bonds. The Morgan fingerprint density at radius 3 is 0.700 bits per heavy atom. The van der Waals surface area contributed by atoms with Crippen LogP contribution in [0.25, 0.3) is 0 Å². The van der Waals surface area contributed by atoms with E-state index in [0.29, 0.717) is 22.3 Å². The molecule has 0 atom stereocenters. The predicted octanol–water partition coefficient (Wildman–Crippen LogP) is 9.88. The summed E-state index contributed by atoms with van der Waals surface area (Å²) in [5, 5.41) is -1.02. The van der Waals surface area contributed by atoms with Gasteiger partial charge < -0.3 is 0 Å².